The van der Waals surface area contributed by atoms with Crippen LogP contribution in [0.2, 0.25) is 10.0 Å². The number of hydrogen-bond acceptors (Lipinski definition) is 4. The second-order valence-electron chi connectivity index (χ2n) is 8.37. The fourth-order valence-electron chi connectivity index (χ4n) is 3.46. The summed E-state index contributed by atoms with van der Waals surface area (Å²) < 4.78 is 0.924. The zero-order chi connectivity index (χ0) is 28.5. The maximum absolute atomic E-state index is 13.3. The van der Waals surface area contributed by atoms with Gasteiger partial charge < -0.3 is 16.0 Å². The molecule has 10 heteroatoms. The van der Waals surface area contributed by atoms with E-state index in [0.29, 0.717) is 32.5 Å². The zero-order valence-corrected chi connectivity index (χ0v) is 24.7. The number of carbonyl (C=O) groups is 3. The van der Waals surface area contributed by atoms with Crippen molar-refractivity contribution in [2.24, 2.45) is 0 Å². The van der Waals surface area contributed by atoms with Crippen molar-refractivity contribution in [2.75, 3.05) is 16.4 Å². The fraction of sp³-hybridized carbons (Fsp3) is 0.0333. The van der Waals surface area contributed by atoms with Crippen molar-refractivity contribution in [1.29, 1.82) is 0 Å². The van der Waals surface area contributed by atoms with Gasteiger partial charge in [-0.1, -0.05) is 69.5 Å². The molecule has 0 aliphatic rings. The predicted molar refractivity (Wildman–Crippen MR) is 167 cm³/mol. The quantitative estimate of drug-likeness (QED) is 0.127. The fourth-order valence-corrected chi connectivity index (χ4v) is 4.94. The lowest BCUT2D eigenvalue weighted by Gasteiger charge is -2.13. The van der Waals surface area contributed by atoms with Crippen LogP contribution >= 0.6 is 50.9 Å². The normalized spacial score (nSPS) is 11.0. The smallest absolute Gasteiger partial charge is 0.272 e. The summed E-state index contributed by atoms with van der Waals surface area (Å²) in [7, 11) is 0. The zero-order valence-electron chi connectivity index (χ0n) is 20.8. The van der Waals surface area contributed by atoms with Crippen molar-refractivity contribution in [3.63, 3.8) is 0 Å². The van der Waals surface area contributed by atoms with Gasteiger partial charge in [0.05, 0.1) is 5.75 Å². The number of anilines is 2. The van der Waals surface area contributed by atoms with Crippen LogP contribution in [0.4, 0.5) is 11.4 Å². The molecule has 0 unspecified atom stereocenters. The molecule has 0 fully saturated rings. The standard InChI is InChI=1S/C30H22BrCl2N3O3S/c31-21-10-13-23(14-11-21)34-28(37)18-40-25-8-4-7-24(17-25)35-30(39)27(15-20-9-12-22(32)16-26(20)33)36-29(38)19-5-2-1-3-6-19/h1-17H,18H2,(H,34,37)(H,35,39)(H,36,38)/b27-15+. The maximum atomic E-state index is 13.3. The molecule has 3 amide bonds. The molecule has 0 aliphatic heterocycles. The molecular weight excluding hydrogens is 633 g/mol. The third-order valence-corrected chi connectivity index (χ3v) is 7.47. The van der Waals surface area contributed by atoms with Crippen LogP contribution in [-0.2, 0) is 9.59 Å². The summed E-state index contributed by atoms with van der Waals surface area (Å²) in [6, 6.07) is 27.8. The number of nitrogens with one attached hydrogen (secondary N) is 3. The summed E-state index contributed by atoms with van der Waals surface area (Å²) in [5.74, 6) is -0.977. The van der Waals surface area contributed by atoms with Gasteiger partial charge in [-0.15, -0.1) is 11.8 Å². The van der Waals surface area contributed by atoms with Gasteiger partial charge in [-0.25, -0.2) is 0 Å². The largest absolute Gasteiger partial charge is 0.325 e. The Morgan fingerprint density at radius 3 is 2.27 bits per heavy atom. The summed E-state index contributed by atoms with van der Waals surface area (Å²) in [6.07, 6.45) is 1.49. The monoisotopic (exact) mass is 653 g/mol. The van der Waals surface area contributed by atoms with Gasteiger partial charge in [0.15, 0.2) is 0 Å². The maximum Gasteiger partial charge on any atom is 0.272 e. The van der Waals surface area contributed by atoms with Crippen LogP contribution in [0.3, 0.4) is 0 Å². The first kappa shape index (κ1) is 29.4. The summed E-state index contributed by atoms with van der Waals surface area (Å²) in [6.45, 7) is 0. The lowest BCUT2D eigenvalue weighted by Crippen LogP contribution is -2.30. The predicted octanol–water partition coefficient (Wildman–Crippen LogP) is 7.90. The van der Waals surface area contributed by atoms with E-state index in [4.69, 9.17) is 23.2 Å². The minimum atomic E-state index is -0.551. The Labute approximate surface area is 254 Å². The van der Waals surface area contributed by atoms with Crippen LogP contribution < -0.4 is 16.0 Å². The molecule has 6 nitrogen and oxygen atoms in total. The van der Waals surface area contributed by atoms with Crippen LogP contribution in [0.25, 0.3) is 6.08 Å². The molecule has 4 aromatic rings. The molecule has 4 rings (SSSR count). The van der Waals surface area contributed by atoms with Gasteiger partial charge in [-0.3, -0.25) is 14.4 Å². The summed E-state index contributed by atoms with van der Waals surface area (Å²) in [4.78, 5) is 39.4. The molecule has 0 heterocycles. The molecule has 202 valence electrons. The Bertz CT molecular complexity index is 1560. The first-order chi connectivity index (χ1) is 19.3. The number of benzene rings is 4. The molecule has 40 heavy (non-hydrogen) atoms. The van der Waals surface area contributed by atoms with Crippen LogP contribution in [0, 0.1) is 0 Å². The van der Waals surface area contributed by atoms with E-state index in [-0.39, 0.29) is 17.4 Å². The molecule has 4 aromatic carbocycles. The van der Waals surface area contributed by atoms with E-state index in [0.717, 1.165) is 9.37 Å². The number of hydrogen-bond donors (Lipinski definition) is 3. The number of thioether (sulfide) groups is 1. The Morgan fingerprint density at radius 2 is 1.55 bits per heavy atom. The third-order valence-electron chi connectivity index (χ3n) is 5.38. The summed E-state index contributed by atoms with van der Waals surface area (Å²) in [5, 5.41) is 9.11. The van der Waals surface area contributed by atoms with Crippen molar-refractivity contribution >= 4 is 86.1 Å². The van der Waals surface area contributed by atoms with Gasteiger partial charge in [-0.2, -0.15) is 0 Å². The molecule has 0 saturated heterocycles. The van der Waals surface area contributed by atoms with Crippen LogP contribution in [0.1, 0.15) is 15.9 Å². The van der Waals surface area contributed by atoms with E-state index in [1.54, 1.807) is 66.7 Å². The first-order valence-corrected chi connectivity index (χ1v) is 14.4. The number of halogens is 3. The van der Waals surface area contributed by atoms with Crippen LogP contribution in [0.15, 0.2) is 112 Å². The van der Waals surface area contributed by atoms with Crippen LogP contribution in [-0.4, -0.2) is 23.5 Å². The van der Waals surface area contributed by atoms with Crippen LogP contribution in [0.5, 0.6) is 0 Å². The SMILES string of the molecule is O=C(CSc1cccc(NC(=O)/C(=C\c2ccc(Cl)cc2Cl)NC(=O)c2ccccc2)c1)Nc1ccc(Br)cc1. The molecule has 0 aliphatic carbocycles. The highest BCUT2D eigenvalue weighted by molar-refractivity contribution is 9.10. The highest BCUT2D eigenvalue weighted by Crippen LogP contribution is 2.25. The Kier molecular flexibility index (Phi) is 10.4. The lowest BCUT2D eigenvalue weighted by molar-refractivity contribution is -0.114. The second-order valence-corrected chi connectivity index (χ2v) is 11.2. The molecule has 0 saturated carbocycles. The Hall–Kier alpha value is -3.56. The molecule has 0 bridgehead atoms. The minimum Gasteiger partial charge on any atom is -0.325 e. The van der Waals surface area contributed by atoms with Crippen molar-refractivity contribution in [1.82, 2.24) is 5.32 Å². The van der Waals surface area contributed by atoms with E-state index in [9.17, 15) is 14.4 Å². The molecule has 3 N–H and O–H groups in total. The van der Waals surface area contributed by atoms with Gasteiger partial charge in [0.1, 0.15) is 5.70 Å². The van der Waals surface area contributed by atoms with Gasteiger partial charge in [0, 0.05) is 36.4 Å². The van der Waals surface area contributed by atoms with Gasteiger partial charge in [0.25, 0.3) is 11.8 Å². The summed E-state index contributed by atoms with van der Waals surface area (Å²) >= 11 is 17.0. The Morgan fingerprint density at radius 1 is 0.800 bits per heavy atom. The Balaban J connectivity index is 1.47. The highest BCUT2D eigenvalue weighted by atomic mass is 79.9. The van der Waals surface area contributed by atoms with Crippen molar-refractivity contribution in [2.45, 2.75) is 4.90 Å². The third kappa shape index (κ3) is 8.72. The number of rotatable bonds is 9. The highest BCUT2D eigenvalue weighted by Gasteiger charge is 2.16. The van der Waals surface area contributed by atoms with Crippen molar-refractivity contribution in [3.05, 3.63) is 128 Å². The number of amides is 3. The van der Waals surface area contributed by atoms with E-state index in [1.165, 1.54) is 17.8 Å². The number of carbonyl (C=O) groups excluding carboxylic acids is 3. The van der Waals surface area contributed by atoms with Gasteiger partial charge in [0.2, 0.25) is 5.91 Å². The average Bonchev–Trinajstić information content (AvgIpc) is 2.94. The molecule has 0 aromatic heterocycles. The van der Waals surface area contributed by atoms with E-state index >= 15 is 0 Å². The van der Waals surface area contributed by atoms with E-state index in [2.05, 4.69) is 31.9 Å². The molecule has 0 radical (unpaired) electrons. The molecule has 0 spiro atoms. The van der Waals surface area contributed by atoms with E-state index in [1.807, 2.05) is 30.3 Å². The van der Waals surface area contributed by atoms with Crippen molar-refractivity contribution in [3.8, 4) is 0 Å². The van der Waals surface area contributed by atoms with Gasteiger partial charge >= 0.3 is 0 Å². The summed E-state index contributed by atoms with van der Waals surface area (Å²) in [5.41, 5.74) is 2.08. The van der Waals surface area contributed by atoms with Crippen molar-refractivity contribution < 1.29 is 14.4 Å². The lowest BCUT2D eigenvalue weighted by atomic mass is 10.1. The van der Waals surface area contributed by atoms with Gasteiger partial charge in [-0.05, 0) is 78.4 Å². The average molecular weight is 655 g/mol. The second kappa shape index (κ2) is 14.2. The molecular formula is C30H22BrCl2N3O3S. The minimum absolute atomic E-state index is 0.00925. The topological polar surface area (TPSA) is 87.3 Å². The first-order valence-electron chi connectivity index (χ1n) is 11.9. The van der Waals surface area contributed by atoms with E-state index < -0.39 is 11.8 Å². The molecule has 0 atom stereocenters.